The maximum absolute atomic E-state index is 5.35. The highest BCUT2D eigenvalue weighted by Gasteiger charge is 2.30. The van der Waals surface area contributed by atoms with Crippen molar-refractivity contribution in [2.75, 3.05) is 13.7 Å². The molecule has 2 nitrogen and oxygen atoms in total. The van der Waals surface area contributed by atoms with E-state index in [1.54, 1.807) is 7.11 Å². The van der Waals surface area contributed by atoms with Gasteiger partial charge in [-0.05, 0) is 60.9 Å². The first-order valence-electron chi connectivity index (χ1n) is 7.68. The van der Waals surface area contributed by atoms with E-state index >= 15 is 0 Å². The second kappa shape index (κ2) is 5.54. The Bertz CT molecular complexity index is 435. The van der Waals surface area contributed by atoms with Gasteiger partial charge >= 0.3 is 0 Å². The lowest BCUT2D eigenvalue weighted by molar-refractivity contribution is 0.226. The summed E-state index contributed by atoms with van der Waals surface area (Å²) in [4.78, 5) is 0. The fourth-order valence-electron chi connectivity index (χ4n) is 3.74. The van der Waals surface area contributed by atoms with Crippen LogP contribution < -0.4 is 10.1 Å². The van der Waals surface area contributed by atoms with Crippen molar-refractivity contribution in [3.05, 3.63) is 29.3 Å². The molecule has 0 radical (unpaired) electrons. The smallest absolute Gasteiger partial charge is 0.119 e. The quantitative estimate of drug-likeness (QED) is 0.874. The lowest BCUT2D eigenvalue weighted by atomic mass is 9.75. The number of benzene rings is 1. The van der Waals surface area contributed by atoms with E-state index in [9.17, 15) is 0 Å². The summed E-state index contributed by atoms with van der Waals surface area (Å²) in [6, 6.07) is 7.20. The molecule has 0 saturated heterocycles. The highest BCUT2D eigenvalue weighted by molar-refractivity contribution is 5.39. The zero-order chi connectivity index (χ0) is 13.2. The second-order valence-corrected chi connectivity index (χ2v) is 6.27. The van der Waals surface area contributed by atoms with Crippen LogP contribution >= 0.6 is 0 Å². The third-order valence-corrected chi connectivity index (χ3v) is 4.98. The molecule has 1 fully saturated rings. The molecule has 1 aliphatic heterocycles. The summed E-state index contributed by atoms with van der Waals surface area (Å²) in [5.41, 5.74) is 3.01. The molecule has 0 aromatic heterocycles. The monoisotopic (exact) mass is 259 g/mol. The van der Waals surface area contributed by atoms with Crippen LogP contribution in [0.15, 0.2) is 18.2 Å². The molecule has 1 heterocycles. The Morgan fingerprint density at radius 1 is 1.16 bits per heavy atom. The summed E-state index contributed by atoms with van der Waals surface area (Å²) in [5.74, 6) is 2.75. The average molecular weight is 259 g/mol. The first-order chi connectivity index (χ1) is 9.28. The second-order valence-electron chi connectivity index (χ2n) is 6.27. The molecule has 1 aromatic carbocycles. The highest BCUT2D eigenvalue weighted by atomic mass is 16.5. The van der Waals surface area contributed by atoms with Crippen LogP contribution in [0.5, 0.6) is 5.75 Å². The molecule has 1 aromatic rings. The van der Waals surface area contributed by atoms with Crippen LogP contribution in [0.25, 0.3) is 0 Å². The van der Waals surface area contributed by atoms with Gasteiger partial charge in [0, 0.05) is 6.04 Å². The van der Waals surface area contributed by atoms with Gasteiger partial charge in [-0.2, -0.15) is 0 Å². The van der Waals surface area contributed by atoms with Gasteiger partial charge in [-0.3, -0.25) is 0 Å². The van der Waals surface area contributed by atoms with Crippen LogP contribution in [0.4, 0.5) is 0 Å². The topological polar surface area (TPSA) is 21.3 Å². The van der Waals surface area contributed by atoms with Crippen molar-refractivity contribution in [1.29, 1.82) is 0 Å². The number of rotatable bonds is 2. The SMILES string of the molecule is COc1ccc2c(c1)CCNC2C1CCC(C)CC1. The molecule has 1 atom stereocenters. The standard InChI is InChI=1S/C17H25NO/c1-12-3-5-13(6-4-12)17-16-8-7-15(19-2)11-14(16)9-10-18-17/h7-8,11-13,17-18H,3-6,9-10H2,1-2H3. The lowest BCUT2D eigenvalue weighted by Gasteiger charge is -2.37. The van der Waals surface area contributed by atoms with Crippen LogP contribution in [-0.2, 0) is 6.42 Å². The van der Waals surface area contributed by atoms with Crippen molar-refractivity contribution in [3.8, 4) is 5.75 Å². The van der Waals surface area contributed by atoms with Crippen molar-refractivity contribution in [3.63, 3.8) is 0 Å². The number of ether oxygens (including phenoxy) is 1. The Balaban J connectivity index is 1.82. The number of fused-ring (bicyclic) bond motifs is 1. The van der Waals surface area contributed by atoms with Crippen molar-refractivity contribution in [2.24, 2.45) is 11.8 Å². The minimum atomic E-state index is 0.571. The molecule has 0 spiro atoms. The molecule has 3 rings (SSSR count). The summed E-state index contributed by atoms with van der Waals surface area (Å²) < 4.78 is 5.35. The Hall–Kier alpha value is -1.02. The van der Waals surface area contributed by atoms with Gasteiger partial charge in [0.05, 0.1) is 7.11 Å². The van der Waals surface area contributed by atoms with E-state index < -0.39 is 0 Å². The lowest BCUT2D eigenvalue weighted by Crippen LogP contribution is -2.36. The Morgan fingerprint density at radius 3 is 2.68 bits per heavy atom. The number of nitrogens with one attached hydrogen (secondary N) is 1. The number of methoxy groups -OCH3 is 1. The van der Waals surface area contributed by atoms with Crippen LogP contribution in [0.2, 0.25) is 0 Å². The van der Waals surface area contributed by atoms with Crippen LogP contribution in [0.1, 0.15) is 49.8 Å². The fraction of sp³-hybridized carbons (Fsp3) is 0.647. The highest BCUT2D eigenvalue weighted by Crippen LogP contribution is 2.39. The van der Waals surface area contributed by atoms with E-state index in [-0.39, 0.29) is 0 Å². The zero-order valence-electron chi connectivity index (χ0n) is 12.1. The number of hydrogen-bond acceptors (Lipinski definition) is 2. The van der Waals surface area contributed by atoms with Gasteiger partial charge in [0.2, 0.25) is 0 Å². The Labute approximate surface area is 116 Å². The molecular weight excluding hydrogens is 234 g/mol. The third kappa shape index (κ3) is 2.64. The summed E-state index contributed by atoms with van der Waals surface area (Å²) in [6.45, 7) is 3.50. The van der Waals surface area contributed by atoms with E-state index in [1.165, 1.54) is 36.8 Å². The van der Waals surface area contributed by atoms with Crippen LogP contribution in [-0.4, -0.2) is 13.7 Å². The molecule has 1 saturated carbocycles. The maximum Gasteiger partial charge on any atom is 0.119 e. The van der Waals surface area contributed by atoms with Gasteiger partial charge < -0.3 is 10.1 Å². The van der Waals surface area contributed by atoms with E-state index in [0.717, 1.165) is 30.6 Å². The minimum absolute atomic E-state index is 0.571. The largest absolute Gasteiger partial charge is 0.497 e. The molecule has 1 unspecified atom stereocenters. The minimum Gasteiger partial charge on any atom is -0.497 e. The van der Waals surface area contributed by atoms with Crippen molar-refractivity contribution in [2.45, 2.75) is 45.1 Å². The molecule has 1 N–H and O–H groups in total. The molecule has 1 aliphatic carbocycles. The molecule has 2 aliphatic rings. The first kappa shape index (κ1) is 13.0. The van der Waals surface area contributed by atoms with E-state index in [1.807, 2.05) is 0 Å². The third-order valence-electron chi connectivity index (χ3n) is 4.98. The summed E-state index contributed by atoms with van der Waals surface area (Å²) >= 11 is 0. The predicted octanol–water partition coefficient (Wildman–Crippen LogP) is 3.71. The Kier molecular flexibility index (Phi) is 3.79. The number of hydrogen-bond donors (Lipinski definition) is 1. The predicted molar refractivity (Wildman–Crippen MR) is 78.6 cm³/mol. The summed E-state index contributed by atoms with van der Waals surface area (Å²) in [6.07, 6.45) is 6.68. The van der Waals surface area contributed by atoms with E-state index in [2.05, 4.69) is 30.4 Å². The zero-order valence-corrected chi connectivity index (χ0v) is 12.1. The molecule has 0 amide bonds. The molecule has 104 valence electrons. The first-order valence-corrected chi connectivity index (χ1v) is 7.68. The van der Waals surface area contributed by atoms with Gasteiger partial charge in [0.15, 0.2) is 0 Å². The van der Waals surface area contributed by atoms with Crippen molar-refractivity contribution in [1.82, 2.24) is 5.32 Å². The molecule has 19 heavy (non-hydrogen) atoms. The van der Waals surface area contributed by atoms with Crippen molar-refractivity contribution >= 4 is 0 Å². The van der Waals surface area contributed by atoms with Gasteiger partial charge in [-0.1, -0.05) is 25.8 Å². The maximum atomic E-state index is 5.35. The van der Waals surface area contributed by atoms with Gasteiger partial charge in [-0.25, -0.2) is 0 Å². The van der Waals surface area contributed by atoms with Crippen molar-refractivity contribution < 1.29 is 4.74 Å². The van der Waals surface area contributed by atoms with E-state index in [4.69, 9.17) is 4.74 Å². The van der Waals surface area contributed by atoms with Crippen LogP contribution in [0.3, 0.4) is 0 Å². The molecule has 2 heteroatoms. The van der Waals surface area contributed by atoms with Crippen LogP contribution in [0, 0.1) is 11.8 Å². The Morgan fingerprint density at radius 2 is 1.95 bits per heavy atom. The molecule has 0 bridgehead atoms. The summed E-state index contributed by atoms with van der Waals surface area (Å²) in [7, 11) is 1.75. The van der Waals surface area contributed by atoms with Gasteiger partial charge in [0.25, 0.3) is 0 Å². The van der Waals surface area contributed by atoms with Gasteiger partial charge in [-0.15, -0.1) is 0 Å². The van der Waals surface area contributed by atoms with Gasteiger partial charge in [0.1, 0.15) is 5.75 Å². The van der Waals surface area contributed by atoms with E-state index in [0.29, 0.717) is 6.04 Å². The molecular formula is C17H25NO. The fourth-order valence-corrected chi connectivity index (χ4v) is 3.74. The normalized spacial score (nSPS) is 30.7. The summed E-state index contributed by atoms with van der Waals surface area (Å²) in [5, 5.41) is 3.76. The average Bonchev–Trinajstić information content (AvgIpc) is 2.47.